The van der Waals surface area contributed by atoms with Gasteiger partial charge in [0.25, 0.3) is 0 Å². The summed E-state index contributed by atoms with van der Waals surface area (Å²) in [7, 11) is 0. The third kappa shape index (κ3) is 5.41. The molecule has 31 heavy (non-hydrogen) atoms. The second kappa shape index (κ2) is 10.2. The quantitative estimate of drug-likeness (QED) is 0.468. The molecule has 1 atom stereocenters. The van der Waals surface area contributed by atoms with E-state index < -0.39 is 0 Å². The van der Waals surface area contributed by atoms with E-state index in [0.717, 1.165) is 19.4 Å². The molecule has 1 aromatic carbocycles. The number of carbonyl (C=O) groups is 1. The van der Waals surface area contributed by atoms with Gasteiger partial charge in [-0.05, 0) is 50.1 Å². The van der Waals surface area contributed by atoms with E-state index >= 15 is 0 Å². The average Bonchev–Trinajstić information content (AvgIpc) is 3.53. The van der Waals surface area contributed by atoms with E-state index in [1.807, 2.05) is 17.6 Å². The van der Waals surface area contributed by atoms with Crippen molar-refractivity contribution in [3.63, 3.8) is 0 Å². The predicted molar refractivity (Wildman–Crippen MR) is 119 cm³/mol. The number of thioether (sulfide) groups is 1. The zero-order valence-corrected chi connectivity index (χ0v) is 18.6. The molecule has 3 aromatic rings. The number of nitrogens with zero attached hydrogens (tertiary/aromatic N) is 3. The number of hydrogen-bond acceptors (Lipinski definition) is 7. The molecule has 1 saturated heterocycles. The van der Waals surface area contributed by atoms with Gasteiger partial charge < -0.3 is 19.2 Å². The molecule has 164 valence electrons. The first-order chi connectivity index (χ1) is 15.1. The van der Waals surface area contributed by atoms with Crippen molar-refractivity contribution in [1.29, 1.82) is 0 Å². The van der Waals surface area contributed by atoms with Crippen molar-refractivity contribution in [2.45, 2.75) is 37.6 Å². The fraction of sp³-hybridized carbons (Fsp3) is 0.381. The van der Waals surface area contributed by atoms with E-state index in [9.17, 15) is 4.79 Å². The zero-order valence-electron chi connectivity index (χ0n) is 17.0. The first-order valence-corrected chi connectivity index (χ1v) is 11.4. The summed E-state index contributed by atoms with van der Waals surface area (Å²) in [6.07, 6.45) is 3.69. The molecule has 2 aromatic heterocycles. The topological polar surface area (TPSA) is 91.4 Å². The van der Waals surface area contributed by atoms with E-state index in [0.29, 0.717) is 46.4 Å². The highest BCUT2D eigenvalue weighted by molar-refractivity contribution is 7.99. The third-order valence-electron chi connectivity index (χ3n) is 4.77. The van der Waals surface area contributed by atoms with Crippen molar-refractivity contribution < 1.29 is 18.7 Å². The molecular weight excluding hydrogens is 440 g/mol. The molecule has 0 bridgehead atoms. The van der Waals surface area contributed by atoms with Gasteiger partial charge in [-0.3, -0.25) is 9.36 Å². The van der Waals surface area contributed by atoms with Crippen molar-refractivity contribution in [3.8, 4) is 17.3 Å². The summed E-state index contributed by atoms with van der Waals surface area (Å²) in [6, 6.07) is 8.79. The highest BCUT2D eigenvalue weighted by Crippen LogP contribution is 2.30. The molecule has 1 amide bonds. The molecule has 4 rings (SSSR count). The van der Waals surface area contributed by atoms with Crippen molar-refractivity contribution in [2.24, 2.45) is 0 Å². The van der Waals surface area contributed by atoms with E-state index in [2.05, 4.69) is 15.5 Å². The number of hydrogen-bond donors (Lipinski definition) is 1. The summed E-state index contributed by atoms with van der Waals surface area (Å²) in [5.74, 6) is 1.80. The van der Waals surface area contributed by atoms with Gasteiger partial charge in [0.1, 0.15) is 12.4 Å². The fourth-order valence-electron chi connectivity index (χ4n) is 3.27. The van der Waals surface area contributed by atoms with Gasteiger partial charge in [-0.1, -0.05) is 23.4 Å². The number of nitrogens with one attached hydrogen (secondary N) is 1. The lowest BCUT2D eigenvalue weighted by molar-refractivity contribution is -0.113. The Labute approximate surface area is 189 Å². The molecule has 1 unspecified atom stereocenters. The van der Waals surface area contributed by atoms with Crippen LogP contribution < -0.4 is 10.1 Å². The second-order valence-corrected chi connectivity index (χ2v) is 8.33. The Balaban J connectivity index is 1.38. The van der Waals surface area contributed by atoms with Gasteiger partial charge in [0.15, 0.2) is 16.7 Å². The summed E-state index contributed by atoms with van der Waals surface area (Å²) in [4.78, 5) is 12.6. The predicted octanol–water partition coefficient (Wildman–Crippen LogP) is 4.50. The van der Waals surface area contributed by atoms with E-state index in [4.69, 9.17) is 25.5 Å². The van der Waals surface area contributed by atoms with E-state index in [-0.39, 0.29) is 17.8 Å². The Bertz CT molecular complexity index is 1020. The molecule has 0 spiro atoms. The van der Waals surface area contributed by atoms with Gasteiger partial charge in [0, 0.05) is 18.2 Å². The summed E-state index contributed by atoms with van der Waals surface area (Å²) < 4.78 is 18.8. The van der Waals surface area contributed by atoms with Crippen LogP contribution in [0.5, 0.6) is 5.75 Å². The molecule has 1 fully saturated rings. The molecule has 3 heterocycles. The normalized spacial score (nSPS) is 15.9. The Morgan fingerprint density at radius 3 is 3.03 bits per heavy atom. The molecule has 1 aliphatic heterocycles. The summed E-state index contributed by atoms with van der Waals surface area (Å²) in [6.45, 7) is 3.85. The maximum Gasteiger partial charge on any atom is 0.234 e. The van der Waals surface area contributed by atoms with Crippen LogP contribution in [0.3, 0.4) is 0 Å². The maximum atomic E-state index is 12.6. The minimum atomic E-state index is -0.195. The van der Waals surface area contributed by atoms with Gasteiger partial charge in [-0.2, -0.15) is 0 Å². The summed E-state index contributed by atoms with van der Waals surface area (Å²) >= 11 is 7.43. The Morgan fingerprint density at radius 2 is 2.29 bits per heavy atom. The molecule has 0 saturated carbocycles. The average molecular weight is 463 g/mol. The lowest BCUT2D eigenvalue weighted by Gasteiger charge is -2.15. The van der Waals surface area contributed by atoms with Crippen LogP contribution in [0.15, 0.2) is 46.2 Å². The van der Waals surface area contributed by atoms with Gasteiger partial charge in [-0.25, -0.2) is 0 Å². The molecule has 1 aliphatic rings. The number of furan rings is 1. The monoisotopic (exact) mass is 462 g/mol. The first-order valence-electron chi connectivity index (χ1n) is 10.1. The van der Waals surface area contributed by atoms with Crippen LogP contribution in [0.2, 0.25) is 5.02 Å². The summed E-state index contributed by atoms with van der Waals surface area (Å²) in [5, 5.41) is 12.4. The van der Waals surface area contributed by atoms with Crippen LogP contribution in [-0.4, -0.2) is 45.7 Å². The number of benzene rings is 1. The van der Waals surface area contributed by atoms with Gasteiger partial charge in [-0.15, -0.1) is 10.2 Å². The number of halogens is 1. The van der Waals surface area contributed by atoms with Crippen molar-refractivity contribution in [2.75, 3.05) is 24.3 Å². The molecule has 0 aliphatic carbocycles. The minimum Gasteiger partial charge on any atom is -0.489 e. The fourth-order valence-corrected chi connectivity index (χ4v) is 4.24. The SMILES string of the molecule is CCn1c(SCC(=O)Nc2cc(Cl)ccc2OCC2CCCO2)nnc1-c1ccco1. The van der Waals surface area contributed by atoms with Crippen LogP contribution in [0.25, 0.3) is 11.6 Å². The van der Waals surface area contributed by atoms with Crippen LogP contribution in [0.1, 0.15) is 19.8 Å². The number of rotatable bonds is 9. The van der Waals surface area contributed by atoms with Gasteiger partial charge in [0.05, 0.1) is 23.8 Å². The third-order valence-corrected chi connectivity index (χ3v) is 5.97. The number of carbonyl (C=O) groups excluding carboxylic acids is 1. The Hall–Kier alpha value is -2.49. The zero-order chi connectivity index (χ0) is 21.6. The van der Waals surface area contributed by atoms with Crippen molar-refractivity contribution in [1.82, 2.24) is 14.8 Å². The number of anilines is 1. The van der Waals surface area contributed by atoms with E-state index in [1.54, 1.807) is 30.5 Å². The smallest absolute Gasteiger partial charge is 0.234 e. The molecular formula is C21H23ClN4O4S. The lowest BCUT2D eigenvalue weighted by atomic mass is 10.2. The van der Waals surface area contributed by atoms with Crippen LogP contribution >= 0.6 is 23.4 Å². The van der Waals surface area contributed by atoms with Crippen LogP contribution in [0, 0.1) is 0 Å². The highest BCUT2D eigenvalue weighted by atomic mass is 35.5. The first kappa shape index (κ1) is 21.7. The van der Waals surface area contributed by atoms with Gasteiger partial charge >= 0.3 is 0 Å². The number of aromatic nitrogens is 3. The number of ether oxygens (including phenoxy) is 2. The largest absolute Gasteiger partial charge is 0.489 e. The molecule has 0 radical (unpaired) electrons. The highest BCUT2D eigenvalue weighted by Gasteiger charge is 2.19. The minimum absolute atomic E-state index is 0.0820. The van der Waals surface area contributed by atoms with Crippen LogP contribution in [-0.2, 0) is 16.1 Å². The van der Waals surface area contributed by atoms with Crippen molar-refractivity contribution >= 4 is 35.0 Å². The number of amides is 1. The molecule has 10 heteroatoms. The molecule has 8 nitrogen and oxygen atoms in total. The summed E-state index contributed by atoms with van der Waals surface area (Å²) in [5.41, 5.74) is 0.532. The second-order valence-electron chi connectivity index (χ2n) is 6.95. The Morgan fingerprint density at radius 1 is 1.39 bits per heavy atom. The maximum absolute atomic E-state index is 12.6. The Kier molecular flexibility index (Phi) is 7.16. The molecule has 1 N–H and O–H groups in total. The van der Waals surface area contributed by atoms with Crippen molar-refractivity contribution in [3.05, 3.63) is 41.6 Å². The standard InChI is InChI=1S/C21H23ClN4O4S/c1-2-26-20(18-6-4-10-29-18)24-25-21(26)31-13-19(27)23-16-11-14(22)7-8-17(16)30-12-15-5-3-9-28-15/h4,6-8,10-11,15H,2-3,5,9,12-13H2,1H3,(H,23,27). The lowest BCUT2D eigenvalue weighted by Crippen LogP contribution is -2.19. The van der Waals surface area contributed by atoms with E-state index in [1.165, 1.54) is 11.8 Å². The van der Waals surface area contributed by atoms with Crippen LogP contribution in [0.4, 0.5) is 5.69 Å². The van der Waals surface area contributed by atoms with Gasteiger partial charge in [0.2, 0.25) is 5.91 Å².